The molecule has 1 aliphatic heterocycles. The zero-order valence-corrected chi connectivity index (χ0v) is 7.95. The SMILES string of the molecule is CC(=O)OC1O[C@@H](C)[C@H](O)[C@@H](O)[C@H]1O. The molecule has 0 aliphatic carbocycles. The number of esters is 1. The van der Waals surface area contributed by atoms with Crippen molar-refractivity contribution >= 4 is 5.97 Å². The van der Waals surface area contributed by atoms with E-state index in [1.165, 1.54) is 6.92 Å². The highest BCUT2D eigenvalue weighted by atomic mass is 16.7. The lowest BCUT2D eigenvalue weighted by atomic mass is 10.0. The summed E-state index contributed by atoms with van der Waals surface area (Å²) < 4.78 is 9.60. The van der Waals surface area contributed by atoms with Crippen molar-refractivity contribution in [3.63, 3.8) is 0 Å². The van der Waals surface area contributed by atoms with Crippen LogP contribution >= 0.6 is 0 Å². The molecule has 0 bridgehead atoms. The van der Waals surface area contributed by atoms with Crippen LogP contribution in [0.1, 0.15) is 13.8 Å². The molecule has 0 aromatic carbocycles. The van der Waals surface area contributed by atoms with E-state index in [0.29, 0.717) is 0 Å². The maximum Gasteiger partial charge on any atom is 0.305 e. The van der Waals surface area contributed by atoms with E-state index in [9.17, 15) is 20.1 Å². The fourth-order valence-corrected chi connectivity index (χ4v) is 1.27. The number of rotatable bonds is 1. The van der Waals surface area contributed by atoms with Gasteiger partial charge in [-0.25, -0.2) is 0 Å². The first kappa shape index (κ1) is 11.4. The largest absolute Gasteiger partial charge is 0.433 e. The van der Waals surface area contributed by atoms with Crippen LogP contribution in [-0.2, 0) is 14.3 Å². The molecule has 0 aromatic rings. The van der Waals surface area contributed by atoms with Crippen molar-refractivity contribution in [2.75, 3.05) is 0 Å². The molecule has 0 spiro atoms. The van der Waals surface area contributed by atoms with Crippen LogP contribution in [0, 0.1) is 0 Å². The fraction of sp³-hybridized carbons (Fsp3) is 0.875. The van der Waals surface area contributed by atoms with E-state index in [2.05, 4.69) is 4.74 Å². The van der Waals surface area contributed by atoms with E-state index in [4.69, 9.17) is 4.74 Å². The maximum atomic E-state index is 10.6. The number of hydrogen-bond donors (Lipinski definition) is 3. The van der Waals surface area contributed by atoms with Crippen LogP contribution in [-0.4, -0.2) is 52.0 Å². The van der Waals surface area contributed by atoms with Crippen LogP contribution in [0.2, 0.25) is 0 Å². The molecule has 14 heavy (non-hydrogen) atoms. The second-order valence-corrected chi connectivity index (χ2v) is 3.29. The van der Waals surface area contributed by atoms with Gasteiger partial charge in [0, 0.05) is 6.92 Å². The topological polar surface area (TPSA) is 96.2 Å². The van der Waals surface area contributed by atoms with E-state index in [-0.39, 0.29) is 0 Å². The normalized spacial score (nSPS) is 43.4. The van der Waals surface area contributed by atoms with Crippen molar-refractivity contribution in [2.24, 2.45) is 0 Å². The Bertz CT molecular complexity index is 218. The molecular weight excluding hydrogens is 192 g/mol. The van der Waals surface area contributed by atoms with Crippen molar-refractivity contribution in [1.29, 1.82) is 0 Å². The number of carbonyl (C=O) groups excluding carboxylic acids is 1. The van der Waals surface area contributed by atoms with Gasteiger partial charge in [-0.3, -0.25) is 4.79 Å². The maximum absolute atomic E-state index is 10.6. The molecule has 0 amide bonds. The number of ether oxygens (including phenoxy) is 2. The third kappa shape index (κ3) is 2.21. The van der Waals surface area contributed by atoms with Gasteiger partial charge in [-0.2, -0.15) is 0 Å². The predicted octanol–water partition coefficient (Wildman–Crippen LogP) is -1.62. The lowest BCUT2D eigenvalue weighted by Crippen LogP contribution is -2.57. The number of hydrogen-bond acceptors (Lipinski definition) is 6. The Labute approximate surface area is 81.1 Å². The fourth-order valence-electron chi connectivity index (χ4n) is 1.27. The van der Waals surface area contributed by atoms with Gasteiger partial charge in [0.1, 0.15) is 18.3 Å². The first-order valence-corrected chi connectivity index (χ1v) is 4.30. The lowest BCUT2D eigenvalue weighted by Gasteiger charge is -2.38. The molecular formula is C8H14O6. The zero-order chi connectivity index (χ0) is 10.9. The van der Waals surface area contributed by atoms with Crippen LogP contribution in [0.3, 0.4) is 0 Å². The van der Waals surface area contributed by atoms with E-state index < -0.39 is 36.7 Å². The Kier molecular flexibility index (Phi) is 3.43. The second-order valence-electron chi connectivity index (χ2n) is 3.29. The van der Waals surface area contributed by atoms with Crippen LogP contribution < -0.4 is 0 Å². The van der Waals surface area contributed by atoms with Crippen molar-refractivity contribution < 1.29 is 29.6 Å². The van der Waals surface area contributed by atoms with E-state index in [1.807, 2.05) is 0 Å². The van der Waals surface area contributed by atoms with Crippen molar-refractivity contribution in [1.82, 2.24) is 0 Å². The minimum absolute atomic E-state index is 0.621. The summed E-state index contributed by atoms with van der Waals surface area (Å²) in [6.07, 6.45) is -5.90. The van der Waals surface area contributed by atoms with E-state index in [0.717, 1.165) is 6.92 Å². The predicted molar refractivity (Wildman–Crippen MR) is 44.1 cm³/mol. The second kappa shape index (κ2) is 4.22. The Morgan fingerprint density at radius 2 is 1.79 bits per heavy atom. The van der Waals surface area contributed by atoms with Crippen molar-refractivity contribution in [2.45, 2.75) is 44.6 Å². The summed E-state index contributed by atoms with van der Waals surface area (Å²) in [4.78, 5) is 10.6. The van der Waals surface area contributed by atoms with Gasteiger partial charge in [-0.15, -0.1) is 0 Å². The Morgan fingerprint density at radius 1 is 1.21 bits per heavy atom. The van der Waals surface area contributed by atoms with Gasteiger partial charge in [0.25, 0.3) is 0 Å². The summed E-state index contributed by atoms with van der Waals surface area (Å²) in [5.41, 5.74) is 0. The van der Waals surface area contributed by atoms with E-state index in [1.54, 1.807) is 0 Å². The molecule has 1 heterocycles. The highest BCUT2D eigenvalue weighted by molar-refractivity contribution is 5.66. The average Bonchev–Trinajstić information content (AvgIpc) is 2.10. The lowest BCUT2D eigenvalue weighted by molar-refractivity contribution is -0.284. The van der Waals surface area contributed by atoms with Crippen LogP contribution in [0.25, 0.3) is 0 Å². The summed E-state index contributed by atoms with van der Waals surface area (Å²) in [5.74, 6) is -0.621. The van der Waals surface area contributed by atoms with Gasteiger partial charge in [-0.1, -0.05) is 0 Å². The third-order valence-corrected chi connectivity index (χ3v) is 2.09. The highest BCUT2D eigenvalue weighted by Crippen LogP contribution is 2.21. The molecule has 82 valence electrons. The molecule has 6 heteroatoms. The number of aliphatic hydroxyl groups excluding tert-OH is 3. The quantitative estimate of drug-likeness (QED) is 0.446. The molecule has 1 rings (SSSR count). The van der Waals surface area contributed by atoms with Crippen LogP contribution in [0.4, 0.5) is 0 Å². The van der Waals surface area contributed by atoms with Crippen molar-refractivity contribution in [3.8, 4) is 0 Å². The Hall–Kier alpha value is -0.690. The van der Waals surface area contributed by atoms with Gasteiger partial charge in [-0.05, 0) is 6.92 Å². The number of aliphatic hydroxyl groups is 3. The molecule has 1 unspecified atom stereocenters. The molecule has 6 nitrogen and oxygen atoms in total. The summed E-state index contributed by atoms with van der Waals surface area (Å²) in [6, 6.07) is 0. The summed E-state index contributed by atoms with van der Waals surface area (Å²) in [6.45, 7) is 2.68. The third-order valence-electron chi connectivity index (χ3n) is 2.09. The first-order valence-electron chi connectivity index (χ1n) is 4.30. The first-order chi connectivity index (χ1) is 6.43. The van der Waals surface area contributed by atoms with Gasteiger partial charge >= 0.3 is 5.97 Å². The highest BCUT2D eigenvalue weighted by Gasteiger charge is 2.43. The Morgan fingerprint density at radius 3 is 2.29 bits per heavy atom. The van der Waals surface area contributed by atoms with Gasteiger partial charge in [0.15, 0.2) is 0 Å². The molecule has 1 aliphatic rings. The van der Waals surface area contributed by atoms with Crippen molar-refractivity contribution in [3.05, 3.63) is 0 Å². The minimum Gasteiger partial charge on any atom is -0.433 e. The minimum atomic E-state index is -1.43. The summed E-state index contributed by atoms with van der Waals surface area (Å²) in [7, 11) is 0. The Balaban J connectivity index is 2.65. The number of carbonyl (C=O) groups is 1. The van der Waals surface area contributed by atoms with Gasteiger partial charge in [0.2, 0.25) is 6.29 Å². The standard InChI is InChI=1S/C8H14O6/c1-3-5(10)6(11)7(12)8(13-3)14-4(2)9/h3,5-8,10-12H,1-2H3/t3-,5-,6+,7+,8?/m0/s1. The molecule has 1 saturated heterocycles. The molecule has 0 saturated carbocycles. The van der Waals surface area contributed by atoms with E-state index >= 15 is 0 Å². The molecule has 0 radical (unpaired) electrons. The molecule has 5 atom stereocenters. The van der Waals surface area contributed by atoms with Gasteiger partial charge < -0.3 is 24.8 Å². The van der Waals surface area contributed by atoms with Gasteiger partial charge in [0.05, 0.1) is 6.10 Å². The molecule has 1 fully saturated rings. The zero-order valence-electron chi connectivity index (χ0n) is 7.95. The monoisotopic (exact) mass is 206 g/mol. The smallest absolute Gasteiger partial charge is 0.305 e. The van der Waals surface area contributed by atoms with Crippen LogP contribution in [0.15, 0.2) is 0 Å². The molecule has 0 aromatic heterocycles. The summed E-state index contributed by atoms with van der Waals surface area (Å²) in [5, 5.41) is 28.0. The molecule has 3 N–H and O–H groups in total. The van der Waals surface area contributed by atoms with Crippen LogP contribution in [0.5, 0.6) is 0 Å². The average molecular weight is 206 g/mol. The summed E-state index contributed by atoms with van der Waals surface area (Å²) >= 11 is 0.